The van der Waals surface area contributed by atoms with E-state index >= 15 is 0 Å². The van der Waals surface area contributed by atoms with Crippen LogP contribution in [-0.2, 0) is 13.2 Å². The Bertz CT molecular complexity index is 1090. The van der Waals surface area contributed by atoms with E-state index in [4.69, 9.17) is 9.26 Å². The zero-order valence-corrected chi connectivity index (χ0v) is 16.7. The smallest absolute Gasteiger partial charge is 0.281 e. The molecule has 0 radical (unpaired) electrons. The third kappa shape index (κ3) is 4.41. The molecule has 0 aliphatic rings. The van der Waals surface area contributed by atoms with Gasteiger partial charge in [-0.05, 0) is 36.8 Å². The molecule has 0 saturated carbocycles. The lowest BCUT2D eigenvalue weighted by atomic mass is 10.1. The Morgan fingerprint density at radius 1 is 0.900 bits per heavy atom. The highest BCUT2D eigenvalue weighted by Gasteiger charge is 2.26. The van der Waals surface area contributed by atoms with Gasteiger partial charge in [0.25, 0.3) is 5.91 Å². The van der Waals surface area contributed by atoms with Gasteiger partial charge in [0.2, 0.25) is 0 Å². The molecule has 150 valence electrons. The van der Waals surface area contributed by atoms with Gasteiger partial charge in [-0.2, -0.15) is 0 Å². The SMILES string of the molecule is Cc1onc(C(=O)N(Cc2ccccc2)c2ccccc2)c1COc1ccccc1. The average molecular weight is 398 g/mol. The summed E-state index contributed by atoms with van der Waals surface area (Å²) in [4.78, 5) is 15.3. The number of carbonyl (C=O) groups is 1. The van der Waals surface area contributed by atoms with Crippen LogP contribution < -0.4 is 9.64 Å². The Hall–Kier alpha value is -3.86. The van der Waals surface area contributed by atoms with Crippen molar-refractivity contribution >= 4 is 11.6 Å². The maximum absolute atomic E-state index is 13.5. The van der Waals surface area contributed by atoms with E-state index in [-0.39, 0.29) is 18.2 Å². The minimum atomic E-state index is -0.228. The fourth-order valence-corrected chi connectivity index (χ4v) is 3.18. The van der Waals surface area contributed by atoms with Crippen molar-refractivity contribution in [3.05, 3.63) is 114 Å². The number of carbonyl (C=O) groups excluding carboxylic acids is 1. The first-order valence-electron chi connectivity index (χ1n) is 9.76. The van der Waals surface area contributed by atoms with Crippen molar-refractivity contribution in [2.75, 3.05) is 4.90 Å². The molecule has 3 aromatic carbocycles. The van der Waals surface area contributed by atoms with Gasteiger partial charge >= 0.3 is 0 Å². The van der Waals surface area contributed by atoms with E-state index in [1.165, 1.54) is 0 Å². The number of para-hydroxylation sites is 2. The molecule has 0 bridgehead atoms. The van der Waals surface area contributed by atoms with Crippen LogP contribution in [0.1, 0.15) is 27.4 Å². The maximum Gasteiger partial charge on any atom is 0.281 e. The molecule has 0 aliphatic heterocycles. The van der Waals surface area contributed by atoms with Crippen LogP contribution in [0.15, 0.2) is 95.5 Å². The Labute approximate surface area is 175 Å². The summed E-state index contributed by atoms with van der Waals surface area (Å²) in [6.07, 6.45) is 0. The highest BCUT2D eigenvalue weighted by atomic mass is 16.5. The standard InChI is InChI=1S/C25H22N2O3/c1-19-23(18-29-22-15-9-4-10-16-22)24(26-30-19)25(28)27(21-13-7-3-8-14-21)17-20-11-5-2-6-12-20/h2-16H,17-18H2,1H3. The molecule has 5 nitrogen and oxygen atoms in total. The number of aromatic nitrogens is 1. The molecule has 0 atom stereocenters. The second kappa shape index (κ2) is 9.09. The Kier molecular flexibility index (Phi) is 5.90. The number of rotatable bonds is 7. The summed E-state index contributed by atoms with van der Waals surface area (Å²) >= 11 is 0. The lowest BCUT2D eigenvalue weighted by Gasteiger charge is -2.22. The van der Waals surface area contributed by atoms with Crippen molar-refractivity contribution in [1.82, 2.24) is 5.16 Å². The fourth-order valence-electron chi connectivity index (χ4n) is 3.18. The predicted octanol–water partition coefficient (Wildman–Crippen LogP) is 5.41. The number of ether oxygens (including phenoxy) is 1. The first-order valence-corrected chi connectivity index (χ1v) is 9.76. The van der Waals surface area contributed by atoms with Crippen LogP contribution in [0.4, 0.5) is 5.69 Å². The number of amides is 1. The molecule has 30 heavy (non-hydrogen) atoms. The summed E-state index contributed by atoms with van der Waals surface area (Å²) in [5.41, 5.74) is 2.74. The van der Waals surface area contributed by atoms with Gasteiger partial charge < -0.3 is 14.2 Å². The number of anilines is 1. The predicted molar refractivity (Wildman–Crippen MR) is 115 cm³/mol. The molecule has 0 unspecified atom stereocenters. The Morgan fingerprint density at radius 3 is 2.17 bits per heavy atom. The van der Waals surface area contributed by atoms with Gasteiger partial charge in [0, 0.05) is 5.69 Å². The minimum Gasteiger partial charge on any atom is -0.489 e. The van der Waals surface area contributed by atoms with E-state index in [0.29, 0.717) is 17.9 Å². The van der Waals surface area contributed by atoms with Gasteiger partial charge in [-0.3, -0.25) is 4.79 Å². The summed E-state index contributed by atoms with van der Waals surface area (Å²) in [5, 5.41) is 4.07. The van der Waals surface area contributed by atoms with E-state index in [1.54, 1.807) is 11.8 Å². The molecular weight excluding hydrogens is 376 g/mol. The molecule has 1 aromatic heterocycles. The van der Waals surface area contributed by atoms with Gasteiger partial charge in [0.15, 0.2) is 5.69 Å². The first-order chi connectivity index (χ1) is 14.7. The normalized spacial score (nSPS) is 10.6. The largest absolute Gasteiger partial charge is 0.489 e. The summed E-state index contributed by atoms with van der Waals surface area (Å²) in [7, 11) is 0. The van der Waals surface area contributed by atoms with E-state index in [9.17, 15) is 4.79 Å². The van der Waals surface area contributed by atoms with Crippen LogP contribution in [0.25, 0.3) is 0 Å². The summed E-state index contributed by atoms with van der Waals surface area (Å²) in [6.45, 7) is 2.42. The van der Waals surface area contributed by atoms with Crippen LogP contribution in [0, 0.1) is 6.92 Å². The molecule has 4 rings (SSSR count). The van der Waals surface area contributed by atoms with Crippen LogP contribution in [0.3, 0.4) is 0 Å². The monoisotopic (exact) mass is 398 g/mol. The van der Waals surface area contributed by atoms with E-state index < -0.39 is 0 Å². The van der Waals surface area contributed by atoms with Crippen molar-refractivity contribution in [2.24, 2.45) is 0 Å². The van der Waals surface area contributed by atoms with Gasteiger partial charge in [-0.1, -0.05) is 71.9 Å². The number of aryl methyl sites for hydroxylation is 1. The molecule has 0 saturated heterocycles. The molecule has 0 spiro atoms. The highest BCUT2D eigenvalue weighted by Crippen LogP contribution is 2.24. The second-order valence-electron chi connectivity index (χ2n) is 6.88. The molecule has 1 heterocycles. The zero-order valence-electron chi connectivity index (χ0n) is 16.7. The Balaban J connectivity index is 1.63. The third-order valence-corrected chi connectivity index (χ3v) is 4.81. The quantitative estimate of drug-likeness (QED) is 0.418. The summed E-state index contributed by atoms with van der Waals surface area (Å²) in [6, 6.07) is 28.9. The minimum absolute atomic E-state index is 0.203. The van der Waals surface area contributed by atoms with Crippen molar-refractivity contribution < 1.29 is 14.1 Å². The van der Waals surface area contributed by atoms with Crippen molar-refractivity contribution in [2.45, 2.75) is 20.1 Å². The van der Waals surface area contributed by atoms with E-state index in [2.05, 4.69) is 5.16 Å². The molecule has 0 N–H and O–H groups in total. The summed E-state index contributed by atoms with van der Waals surface area (Å²) < 4.78 is 11.2. The van der Waals surface area contributed by atoms with Crippen LogP contribution in [0.5, 0.6) is 5.75 Å². The van der Waals surface area contributed by atoms with Crippen molar-refractivity contribution in [3.63, 3.8) is 0 Å². The topological polar surface area (TPSA) is 55.6 Å². The fraction of sp³-hybridized carbons (Fsp3) is 0.120. The molecule has 4 aromatic rings. The van der Waals surface area contributed by atoms with Crippen LogP contribution in [0.2, 0.25) is 0 Å². The molecular formula is C25H22N2O3. The summed E-state index contributed by atoms with van der Waals surface area (Å²) in [5.74, 6) is 1.07. The molecule has 0 fully saturated rings. The van der Waals surface area contributed by atoms with Crippen molar-refractivity contribution in [1.29, 1.82) is 0 Å². The zero-order chi connectivity index (χ0) is 20.8. The number of nitrogens with zero attached hydrogens (tertiary/aromatic N) is 2. The third-order valence-electron chi connectivity index (χ3n) is 4.81. The molecule has 0 aliphatic carbocycles. The maximum atomic E-state index is 13.5. The lowest BCUT2D eigenvalue weighted by Crippen LogP contribution is -2.31. The highest BCUT2D eigenvalue weighted by molar-refractivity contribution is 6.05. The molecule has 5 heteroatoms. The first kappa shape index (κ1) is 19.5. The number of hydrogen-bond donors (Lipinski definition) is 0. The number of benzene rings is 3. The average Bonchev–Trinajstić information content (AvgIpc) is 3.18. The van der Waals surface area contributed by atoms with E-state index in [0.717, 1.165) is 17.0 Å². The lowest BCUT2D eigenvalue weighted by molar-refractivity contribution is 0.0974. The van der Waals surface area contributed by atoms with Gasteiger partial charge in [-0.25, -0.2) is 0 Å². The molecule has 1 amide bonds. The van der Waals surface area contributed by atoms with Crippen LogP contribution >= 0.6 is 0 Å². The van der Waals surface area contributed by atoms with E-state index in [1.807, 2.05) is 91.0 Å². The van der Waals surface area contributed by atoms with Crippen LogP contribution in [-0.4, -0.2) is 11.1 Å². The Morgan fingerprint density at radius 2 is 1.50 bits per heavy atom. The van der Waals surface area contributed by atoms with Crippen molar-refractivity contribution in [3.8, 4) is 5.75 Å². The second-order valence-corrected chi connectivity index (χ2v) is 6.88. The van der Waals surface area contributed by atoms with Gasteiger partial charge in [0.1, 0.15) is 18.1 Å². The number of hydrogen-bond acceptors (Lipinski definition) is 4. The van der Waals surface area contributed by atoms with Gasteiger partial charge in [0.05, 0.1) is 12.1 Å². The van der Waals surface area contributed by atoms with Gasteiger partial charge in [-0.15, -0.1) is 0 Å².